The Labute approximate surface area is 120 Å². The average molecular weight is 279 g/mol. The number of aromatic hydroxyl groups is 1. The first-order chi connectivity index (χ1) is 9.45. The van der Waals surface area contributed by atoms with E-state index in [2.05, 4.69) is 19.2 Å². The van der Waals surface area contributed by atoms with Crippen molar-refractivity contribution in [1.29, 1.82) is 0 Å². The first-order valence-corrected chi connectivity index (χ1v) is 7.20. The lowest BCUT2D eigenvalue weighted by atomic mass is 9.54. The fraction of sp³-hybridized carbons (Fsp3) is 0.625. The van der Waals surface area contributed by atoms with Gasteiger partial charge in [0.25, 0.3) is 0 Å². The normalized spacial score (nSPS) is 28.1. The van der Waals surface area contributed by atoms with Crippen LogP contribution in [-0.4, -0.2) is 35.1 Å². The Hall–Kier alpha value is -1.10. The largest absolute Gasteiger partial charge is 0.508 e. The van der Waals surface area contributed by atoms with Crippen LogP contribution in [0.1, 0.15) is 32.8 Å². The lowest BCUT2D eigenvalue weighted by Crippen LogP contribution is -2.73. The topological polar surface area (TPSA) is 61.7 Å². The third-order valence-electron chi connectivity index (χ3n) is 4.75. The SMILES string of the molecule is CCOC1CC(CO)(NCc2cccc(O)c2)C1(C)C. The van der Waals surface area contributed by atoms with E-state index in [9.17, 15) is 10.2 Å². The summed E-state index contributed by atoms with van der Waals surface area (Å²) >= 11 is 0. The maximum atomic E-state index is 9.82. The summed E-state index contributed by atoms with van der Waals surface area (Å²) in [7, 11) is 0. The lowest BCUT2D eigenvalue weighted by Gasteiger charge is -2.60. The molecule has 1 fully saturated rings. The van der Waals surface area contributed by atoms with Gasteiger partial charge in [-0.15, -0.1) is 0 Å². The highest BCUT2D eigenvalue weighted by Gasteiger charge is 2.60. The highest BCUT2D eigenvalue weighted by Crippen LogP contribution is 2.51. The molecule has 0 bridgehead atoms. The highest BCUT2D eigenvalue weighted by atomic mass is 16.5. The molecule has 1 saturated carbocycles. The maximum Gasteiger partial charge on any atom is 0.115 e. The fourth-order valence-corrected chi connectivity index (χ4v) is 3.04. The highest BCUT2D eigenvalue weighted by molar-refractivity contribution is 5.27. The van der Waals surface area contributed by atoms with Crippen LogP contribution in [0.3, 0.4) is 0 Å². The van der Waals surface area contributed by atoms with E-state index in [4.69, 9.17) is 4.74 Å². The average Bonchev–Trinajstić information content (AvgIpc) is 2.42. The number of rotatable bonds is 6. The summed E-state index contributed by atoms with van der Waals surface area (Å²) in [5.74, 6) is 0.266. The van der Waals surface area contributed by atoms with Crippen molar-refractivity contribution in [2.24, 2.45) is 5.41 Å². The zero-order valence-electron chi connectivity index (χ0n) is 12.5. The van der Waals surface area contributed by atoms with Crippen molar-refractivity contribution < 1.29 is 14.9 Å². The smallest absolute Gasteiger partial charge is 0.115 e. The van der Waals surface area contributed by atoms with Crippen LogP contribution in [0.15, 0.2) is 24.3 Å². The minimum absolute atomic E-state index is 0.0857. The fourth-order valence-electron chi connectivity index (χ4n) is 3.04. The van der Waals surface area contributed by atoms with E-state index < -0.39 is 0 Å². The standard InChI is InChI=1S/C16H25NO3/c1-4-20-14-9-16(11-18,15(14,2)3)17-10-12-6-5-7-13(19)8-12/h5-8,14,17-19H,4,9-11H2,1-3H3. The monoisotopic (exact) mass is 279 g/mol. The van der Waals surface area contributed by atoms with Gasteiger partial charge in [0.05, 0.1) is 18.2 Å². The number of nitrogens with one attached hydrogen (secondary N) is 1. The van der Waals surface area contributed by atoms with Crippen LogP contribution in [0.25, 0.3) is 0 Å². The number of aliphatic hydroxyl groups excluding tert-OH is 1. The van der Waals surface area contributed by atoms with E-state index in [0.29, 0.717) is 13.2 Å². The number of hydrogen-bond donors (Lipinski definition) is 3. The van der Waals surface area contributed by atoms with Crippen LogP contribution in [0.4, 0.5) is 0 Å². The summed E-state index contributed by atoms with van der Waals surface area (Å²) in [6, 6.07) is 7.18. The third-order valence-corrected chi connectivity index (χ3v) is 4.75. The quantitative estimate of drug-likeness (QED) is 0.746. The molecule has 0 aliphatic heterocycles. The summed E-state index contributed by atoms with van der Waals surface area (Å²) in [5.41, 5.74) is 0.570. The van der Waals surface area contributed by atoms with E-state index >= 15 is 0 Å². The van der Waals surface area contributed by atoms with Crippen molar-refractivity contribution in [2.45, 2.75) is 45.4 Å². The Morgan fingerprint density at radius 3 is 2.70 bits per heavy atom. The van der Waals surface area contributed by atoms with Gasteiger partial charge in [-0.05, 0) is 31.0 Å². The van der Waals surface area contributed by atoms with Gasteiger partial charge in [0.1, 0.15) is 5.75 Å². The molecule has 2 rings (SSSR count). The van der Waals surface area contributed by atoms with E-state index in [1.807, 2.05) is 19.1 Å². The van der Waals surface area contributed by atoms with Gasteiger partial charge in [-0.1, -0.05) is 26.0 Å². The first-order valence-electron chi connectivity index (χ1n) is 7.20. The van der Waals surface area contributed by atoms with Crippen molar-refractivity contribution in [1.82, 2.24) is 5.32 Å². The summed E-state index contributed by atoms with van der Waals surface area (Å²) in [6.45, 7) is 7.65. The molecule has 3 N–H and O–H groups in total. The van der Waals surface area contributed by atoms with Crippen molar-refractivity contribution in [3.63, 3.8) is 0 Å². The molecule has 0 heterocycles. The molecule has 0 radical (unpaired) electrons. The Kier molecular flexibility index (Phi) is 4.37. The number of ether oxygens (including phenoxy) is 1. The third kappa shape index (κ3) is 2.55. The van der Waals surface area contributed by atoms with Crippen LogP contribution in [0, 0.1) is 5.41 Å². The summed E-state index contributed by atoms with van der Waals surface area (Å²) < 4.78 is 5.73. The Morgan fingerprint density at radius 2 is 2.15 bits per heavy atom. The van der Waals surface area contributed by atoms with Crippen molar-refractivity contribution in [3.8, 4) is 5.75 Å². The molecular formula is C16H25NO3. The van der Waals surface area contributed by atoms with Gasteiger partial charge in [0, 0.05) is 18.6 Å². The minimum atomic E-state index is -0.321. The molecule has 4 heteroatoms. The molecule has 1 aliphatic rings. The minimum Gasteiger partial charge on any atom is -0.508 e. The molecule has 4 nitrogen and oxygen atoms in total. The van der Waals surface area contributed by atoms with Crippen molar-refractivity contribution in [2.75, 3.05) is 13.2 Å². The molecule has 2 unspecified atom stereocenters. The Balaban J connectivity index is 2.03. The second-order valence-corrected chi connectivity index (χ2v) is 6.13. The molecule has 1 aliphatic carbocycles. The van der Waals surface area contributed by atoms with Crippen molar-refractivity contribution in [3.05, 3.63) is 29.8 Å². The maximum absolute atomic E-state index is 9.82. The number of phenolic OH excluding ortho intramolecular Hbond substituents is 1. The van der Waals surface area contributed by atoms with Gasteiger partial charge in [-0.25, -0.2) is 0 Å². The molecule has 1 aromatic rings. The molecule has 0 spiro atoms. The molecular weight excluding hydrogens is 254 g/mol. The Bertz CT molecular complexity index is 461. The van der Waals surface area contributed by atoms with Crippen LogP contribution < -0.4 is 5.32 Å². The number of benzene rings is 1. The van der Waals surface area contributed by atoms with Gasteiger partial charge >= 0.3 is 0 Å². The molecule has 0 aromatic heterocycles. The number of aliphatic hydroxyl groups is 1. The van der Waals surface area contributed by atoms with E-state index in [0.717, 1.165) is 12.0 Å². The number of hydrogen-bond acceptors (Lipinski definition) is 4. The van der Waals surface area contributed by atoms with Crippen LogP contribution in [0.2, 0.25) is 0 Å². The predicted octanol–water partition coefficient (Wildman–Crippen LogP) is 2.05. The van der Waals surface area contributed by atoms with E-state index in [-0.39, 0.29) is 29.4 Å². The second kappa shape index (κ2) is 5.72. The molecule has 0 amide bonds. The molecule has 20 heavy (non-hydrogen) atoms. The van der Waals surface area contributed by atoms with Crippen LogP contribution in [0.5, 0.6) is 5.75 Å². The van der Waals surface area contributed by atoms with Crippen LogP contribution >= 0.6 is 0 Å². The number of phenols is 1. The molecule has 2 atom stereocenters. The summed E-state index contributed by atoms with van der Waals surface area (Å²) in [5, 5.41) is 22.8. The first kappa shape index (κ1) is 15.3. The molecule has 0 saturated heterocycles. The summed E-state index contributed by atoms with van der Waals surface area (Å²) in [6.07, 6.45) is 0.986. The zero-order chi connectivity index (χ0) is 14.8. The van der Waals surface area contributed by atoms with E-state index in [1.165, 1.54) is 0 Å². The molecule has 1 aromatic carbocycles. The Morgan fingerprint density at radius 1 is 1.40 bits per heavy atom. The van der Waals surface area contributed by atoms with Gasteiger partial charge in [-0.2, -0.15) is 0 Å². The predicted molar refractivity (Wildman–Crippen MR) is 78.6 cm³/mol. The zero-order valence-corrected chi connectivity index (χ0v) is 12.5. The van der Waals surface area contributed by atoms with Gasteiger partial charge in [-0.3, -0.25) is 0 Å². The summed E-state index contributed by atoms with van der Waals surface area (Å²) in [4.78, 5) is 0. The van der Waals surface area contributed by atoms with E-state index in [1.54, 1.807) is 12.1 Å². The van der Waals surface area contributed by atoms with Gasteiger partial charge < -0.3 is 20.3 Å². The second-order valence-electron chi connectivity index (χ2n) is 6.13. The van der Waals surface area contributed by atoms with Gasteiger partial charge in [0.2, 0.25) is 0 Å². The van der Waals surface area contributed by atoms with Crippen LogP contribution in [-0.2, 0) is 11.3 Å². The molecule has 112 valence electrons. The lowest BCUT2D eigenvalue weighted by molar-refractivity contribution is -0.177. The van der Waals surface area contributed by atoms with Crippen molar-refractivity contribution >= 4 is 0 Å². The van der Waals surface area contributed by atoms with Gasteiger partial charge in [0.15, 0.2) is 0 Å².